The summed E-state index contributed by atoms with van der Waals surface area (Å²) in [5.74, 6) is 1.37. The monoisotopic (exact) mass is 243 g/mol. The van der Waals surface area contributed by atoms with Crippen LogP contribution in [0.5, 0.6) is 5.75 Å². The van der Waals surface area contributed by atoms with Gasteiger partial charge in [0.25, 0.3) is 0 Å². The Bertz CT molecular complexity index is 567. The molecule has 2 aromatic rings. The highest BCUT2D eigenvalue weighted by Crippen LogP contribution is 2.34. The third kappa shape index (κ3) is 2.14. The summed E-state index contributed by atoms with van der Waals surface area (Å²) in [6.45, 7) is 4.15. The van der Waals surface area contributed by atoms with Crippen LogP contribution in [-0.2, 0) is 0 Å². The minimum atomic E-state index is 0.673. The van der Waals surface area contributed by atoms with Gasteiger partial charge in [0.2, 0.25) is 0 Å². The molecule has 0 saturated heterocycles. The highest BCUT2D eigenvalue weighted by Gasteiger charge is 2.14. The van der Waals surface area contributed by atoms with Gasteiger partial charge in [-0.25, -0.2) is 9.97 Å². The average Bonchev–Trinajstić information content (AvgIpc) is 2.37. The molecule has 18 heavy (non-hydrogen) atoms. The van der Waals surface area contributed by atoms with Crippen molar-refractivity contribution in [3.8, 4) is 17.0 Å². The van der Waals surface area contributed by atoms with Gasteiger partial charge < -0.3 is 10.1 Å². The molecular weight excluding hydrogens is 226 g/mol. The second-order valence-corrected chi connectivity index (χ2v) is 4.17. The van der Waals surface area contributed by atoms with E-state index in [4.69, 9.17) is 4.74 Å². The molecule has 0 radical (unpaired) electrons. The highest BCUT2D eigenvalue weighted by atomic mass is 16.5. The molecule has 1 heterocycles. The Hall–Kier alpha value is -2.10. The lowest BCUT2D eigenvalue weighted by Crippen LogP contribution is -2.01. The van der Waals surface area contributed by atoms with Crippen LogP contribution in [0.3, 0.4) is 0 Å². The Morgan fingerprint density at radius 2 is 1.94 bits per heavy atom. The fourth-order valence-corrected chi connectivity index (χ4v) is 2.02. The topological polar surface area (TPSA) is 47.0 Å². The fourth-order valence-electron chi connectivity index (χ4n) is 2.02. The van der Waals surface area contributed by atoms with Crippen LogP contribution in [0.25, 0.3) is 11.3 Å². The number of hydrogen-bond acceptors (Lipinski definition) is 4. The van der Waals surface area contributed by atoms with E-state index >= 15 is 0 Å². The van der Waals surface area contributed by atoms with Crippen molar-refractivity contribution in [2.45, 2.75) is 13.8 Å². The molecule has 0 spiro atoms. The van der Waals surface area contributed by atoms with Gasteiger partial charge >= 0.3 is 0 Å². The quantitative estimate of drug-likeness (QED) is 0.900. The highest BCUT2D eigenvalue weighted by molar-refractivity contribution is 5.74. The SMILES string of the molecule is CNc1ncnc(-c2ccc(C)cc2C)c1OC. The molecule has 94 valence electrons. The summed E-state index contributed by atoms with van der Waals surface area (Å²) < 4.78 is 5.42. The van der Waals surface area contributed by atoms with Crippen molar-refractivity contribution in [2.75, 3.05) is 19.5 Å². The molecule has 0 aliphatic carbocycles. The summed E-state index contributed by atoms with van der Waals surface area (Å²) in [5.41, 5.74) is 4.29. The first-order valence-corrected chi connectivity index (χ1v) is 5.81. The lowest BCUT2D eigenvalue weighted by atomic mass is 10.0. The molecule has 1 aromatic heterocycles. The molecule has 1 N–H and O–H groups in total. The molecular formula is C14H17N3O. The Kier molecular flexibility index (Phi) is 3.46. The Morgan fingerprint density at radius 1 is 1.17 bits per heavy atom. The van der Waals surface area contributed by atoms with Crippen molar-refractivity contribution in [1.29, 1.82) is 0 Å². The van der Waals surface area contributed by atoms with E-state index in [-0.39, 0.29) is 0 Å². The first-order valence-electron chi connectivity index (χ1n) is 5.81. The number of aromatic nitrogens is 2. The number of nitrogens with zero attached hydrogens (tertiary/aromatic N) is 2. The van der Waals surface area contributed by atoms with Crippen molar-refractivity contribution in [3.63, 3.8) is 0 Å². The molecule has 1 aromatic carbocycles. The average molecular weight is 243 g/mol. The van der Waals surface area contributed by atoms with Crippen LogP contribution >= 0.6 is 0 Å². The Labute approximate surface area is 107 Å². The second-order valence-electron chi connectivity index (χ2n) is 4.17. The molecule has 0 bridgehead atoms. The number of ether oxygens (including phenoxy) is 1. The van der Waals surface area contributed by atoms with Crippen molar-refractivity contribution < 1.29 is 4.74 Å². The third-order valence-corrected chi connectivity index (χ3v) is 2.88. The fraction of sp³-hybridized carbons (Fsp3) is 0.286. The first-order chi connectivity index (χ1) is 8.67. The van der Waals surface area contributed by atoms with E-state index in [0.29, 0.717) is 11.6 Å². The van der Waals surface area contributed by atoms with Gasteiger partial charge in [-0.3, -0.25) is 0 Å². The van der Waals surface area contributed by atoms with Crippen LogP contribution in [0.2, 0.25) is 0 Å². The van der Waals surface area contributed by atoms with Crippen molar-refractivity contribution in [1.82, 2.24) is 9.97 Å². The van der Waals surface area contributed by atoms with Crippen molar-refractivity contribution in [3.05, 3.63) is 35.7 Å². The van der Waals surface area contributed by atoms with Gasteiger partial charge in [0.1, 0.15) is 12.0 Å². The van der Waals surface area contributed by atoms with E-state index in [2.05, 4.69) is 47.3 Å². The summed E-state index contributed by atoms with van der Waals surface area (Å²) >= 11 is 0. The molecule has 4 heteroatoms. The largest absolute Gasteiger partial charge is 0.491 e. The smallest absolute Gasteiger partial charge is 0.187 e. The summed E-state index contributed by atoms with van der Waals surface area (Å²) in [6, 6.07) is 6.27. The van der Waals surface area contributed by atoms with E-state index < -0.39 is 0 Å². The molecule has 0 aliphatic rings. The first kappa shape index (κ1) is 12.4. The minimum absolute atomic E-state index is 0.673. The predicted molar refractivity (Wildman–Crippen MR) is 73.0 cm³/mol. The molecule has 0 aliphatic heterocycles. The van der Waals surface area contributed by atoms with Crippen LogP contribution in [0.1, 0.15) is 11.1 Å². The molecule has 2 rings (SSSR count). The Balaban J connectivity index is 2.63. The zero-order valence-corrected chi connectivity index (χ0v) is 11.1. The van der Waals surface area contributed by atoms with Crippen LogP contribution in [0.15, 0.2) is 24.5 Å². The Morgan fingerprint density at radius 3 is 2.56 bits per heavy atom. The van der Waals surface area contributed by atoms with Crippen LogP contribution in [-0.4, -0.2) is 24.1 Å². The summed E-state index contributed by atoms with van der Waals surface area (Å²) in [5, 5.41) is 3.01. The van der Waals surface area contributed by atoms with E-state index in [0.717, 1.165) is 11.3 Å². The zero-order valence-electron chi connectivity index (χ0n) is 11.1. The van der Waals surface area contributed by atoms with Gasteiger partial charge in [0.15, 0.2) is 11.6 Å². The maximum atomic E-state index is 5.42. The molecule has 0 unspecified atom stereocenters. The molecule has 4 nitrogen and oxygen atoms in total. The van der Waals surface area contributed by atoms with Gasteiger partial charge in [-0.1, -0.05) is 23.8 Å². The van der Waals surface area contributed by atoms with E-state index in [1.54, 1.807) is 13.4 Å². The maximum Gasteiger partial charge on any atom is 0.187 e. The van der Waals surface area contributed by atoms with E-state index in [9.17, 15) is 0 Å². The standard InChI is InChI=1S/C14H17N3O/c1-9-5-6-11(10(2)7-9)12-13(18-4)14(15-3)17-8-16-12/h5-8H,1-4H3,(H,15,16,17). The molecule has 0 atom stereocenters. The molecule has 0 saturated carbocycles. The number of hydrogen-bond donors (Lipinski definition) is 1. The van der Waals surface area contributed by atoms with Gasteiger partial charge in [0, 0.05) is 12.6 Å². The number of benzene rings is 1. The van der Waals surface area contributed by atoms with Gasteiger partial charge in [-0.15, -0.1) is 0 Å². The molecule has 0 fully saturated rings. The maximum absolute atomic E-state index is 5.42. The van der Waals surface area contributed by atoms with E-state index in [1.165, 1.54) is 11.1 Å². The predicted octanol–water partition coefficient (Wildman–Crippen LogP) is 2.81. The molecule has 0 amide bonds. The lowest BCUT2D eigenvalue weighted by Gasteiger charge is -2.13. The summed E-state index contributed by atoms with van der Waals surface area (Å²) in [7, 11) is 3.45. The van der Waals surface area contributed by atoms with Crippen LogP contribution in [0.4, 0.5) is 5.82 Å². The van der Waals surface area contributed by atoms with Crippen molar-refractivity contribution >= 4 is 5.82 Å². The normalized spacial score (nSPS) is 10.2. The number of nitrogens with one attached hydrogen (secondary N) is 1. The van der Waals surface area contributed by atoms with Crippen LogP contribution in [0, 0.1) is 13.8 Å². The van der Waals surface area contributed by atoms with E-state index in [1.807, 2.05) is 7.05 Å². The van der Waals surface area contributed by atoms with Gasteiger partial charge in [0.05, 0.1) is 7.11 Å². The number of methoxy groups -OCH3 is 1. The van der Waals surface area contributed by atoms with Gasteiger partial charge in [-0.2, -0.15) is 0 Å². The summed E-state index contributed by atoms with van der Waals surface area (Å²) in [4.78, 5) is 8.50. The van der Waals surface area contributed by atoms with Crippen molar-refractivity contribution in [2.24, 2.45) is 0 Å². The lowest BCUT2D eigenvalue weighted by molar-refractivity contribution is 0.415. The third-order valence-electron chi connectivity index (χ3n) is 2.88. The second kappa shape index (κ2) is 5.04. The number of aryl methyl sites for hydroxylation is 2. The van der Waals surface area contributed by atoms with Crippen LogP contribution < -0.4 is 10.1 Å². The number of rotatable bonds is 3. The minimum Gasteiger partial charge on any atom is -0.491 e. The zero-order chi connectivity index (χ0) is 13.1. The van der Waals surface area contributed by atoms with Gasteiger partial charge in [-0.05, 0) is 19.4 Å². The summed E-state index contributed by atoms with van der Waals surface area (Å²) in [6.07, 6.45) is 1.54. The number of anilines is 1.